The lowest BCUT2D eigenvalue weighted by Crippen LogP contribution is -3.08. The minimum absolute atomic E-state index is 0.144. The Bertz CT molecular complexity index is 838. The molecule has 0 aromatic heterocycles. The average Bonchev–Trinajstić information content (AvgIpc) is 3.08. The monoisotopic (exact) mass is 395 g/mol. The van der Waals surface area contributed by atoms with Crippen molar-refractivity contribution in [3.8, 4) is 11.5 Å². The highest BCUT2D eigenvalue weighted by Gasteiger charge is 2.30. The van der Waals surface area contributed by atoms with E-state index in [1.807, 2.05) is 32.2 Å². The van der Waals surface area contributed by atoms with Gasteiger partial charge in [0.05, 0.1) is 18.7 Å². The van der Waals surface area contributed by atoms with E-state index in [4.69, 9.17) is 9.47 Å². The second kappa shape index (κ2) is 8.10. The maximum atomic E-state index is 12.6. The standard InChI is InChI=1S/C20H21F3N2O3/c1-13(15-5-8-17-18(9-15)28-12-27-17)24-19(26)11-25(2)10-14-3-6-16(7-4-14)20(21,22)23/h3-9,13H,10-12H2,1-2H3,(H,24,26)/p+1/t13-/m1/s1. The van der Waals surface area contributed by atoms with Crippen molar-refractivity contribution in [1.82, 2.24) is 5.32 Å². The van der Waals surface area contributed by atoms with Crippen molar-refractivity contribution in [2.45, 2.75) is 25.7 Å². The van der Waals surface area contributed by atoms with Crippen LogP contribution in [0.3, 0.4) is 0 Å². The van der Waals surface area contributed by atoms with Crippen LogP contribution in [0.5, 0.6) is 11.5 Å². The van der Waals surface area contributed by atoms with Crippen LogP contribution in [-0.4, -0.2) is 26.3 Å². The van der Waals surface area contributed by atoms with Gasteiger partial charge in [-0.3, -0.25) is 4.79 Å². The van der Waals surface area contributed by atoms with Gasteiger partial charge < -0.3 is 19.7 Å². The number of rotatable bonds is 6. The number of ether oxygens (including phenoxy) is 2. The predicted octanol–water partition coefficient (Wildman–Crippen LogP) is 2.33. The molecule has 150 valence electrons. The molecule has 0 saturated carbocycles. The molecular weight excluding hydrogens is 373 g/mol. The van der Waals surface area contributed by atoms with Crippen LogP contribution in [0.4, 0.5) is 13.2 Å². The smallest absolute Gasteiger partial charge is 0.416 e. The molecule has 5 nitrogen and oxygen atoms in total. The maximum Gasteiger partial charge on any atom is 0.416 e. The van der Waals surface area contributed by atoms with Crippen molar-refractivity contribution >= 4 is 5.91 Å². The molecule has 8 heteroatoms. The molecule has 2 aromatic rings. The number of amides is 1. The van der Waals surface area contributed by atoms with E-state index in [1.165, 1.54) is 12.1 Å². The lowest BCUT2D eigenvalue weighted by atomic mass is 10.1. The second-order valence-electron chi connectivity index (χ2n) is 6.91. The van der Waals surface area contributed by atoms with E-state index in [0.29, 0.717) is 18.0 Å². The van der Waals surface area contributed by atoms with E-state index in [0.717, 1.165) is 28.2 Å². The molecule has 0 radical (unpaired) electrons. The second-order valence-corrected chi connectivity index (χ2v) is 6.91. The quantitative estimate of drug-likeness (QED) is 0.790. The lowest BCUT2D eigenvalue weighted by Gasteiger charge is -2.18. The van der Waals surface area contributed by atoms with Gasteiger partial charge in [0.15, 0.2) is 18.0 Å². The molecule has 1 unspecified atom stereocenters. The first kappa shape index (κ1) is 20.0. The van der Waals surface area contributed by atoms with Crippen LogP contribution in [0, 0.1) is 0 Å². The van der Waals surface area contributed by atoms with E-state index in [9.17, 15) is 18.0 Å². The Morgan fingerprint density at radius 2 is 1.82 bits per heavy atom. The summed E-state index contributed by atoms with van der Waals surface area (Å²) >= 11 is 0. The number of halogens is 3. The molecule has 0 spiro atoms. The van der Waals surface area contributed by atoms with E-state index in [1.54, 1.807) is 0 Å². The number of hydrogen-bond acceptors (Lipinski definition) is 3. The van der Waals surface area contributed by atoms with Crippen LogP contribution in [0.2, 0.25) is 0 Å². The van der Waals surface area contributed by atoms with Crippen LogP contribution >= 0.6 is 0 Å². The third-order valence-corrected chi connectivity index (χ3v) is 4.52. The molecule has 0 aliphatic carbocycles. The van der Waals surface area contributed by atoms with Crippen LogP contribution in [0.15, 0.2) is 42.5 Å². The molecule has 2 aromatic carbocycles. The number of quaternary nitrogens is 1. The third kappa shape index (κ3) is 4.95. The highest BCUT2D eigenvalue weighted by Crippen LogP contribution is 2.34. The fourth-order valence-corrected chi connectivity index (χ4v) is 3.05. The lowest BCUT2D eigenvalue weighted by molar-refractivity contribution is -0.885. The first-order valence-corrected chi connectivity index (χ1v) is 8.88. The number of benzene rings is 2. The summed E-state index contributed by atoms with van der Waals surface area (Å²) in [4.78, 5) is 13.2. The van der Waals surface area contributed by atoms with Gasteiger partial charge in [0.2, 0.25) is 6.79 Å². The summed E-state index contributed by atoms with van der Waals surface area (Å²) in [7, 11) is 1.82. The molecule has 1 amide bonds. The first-order valence-electron chi connectivity index (χ1n) is 8.88. The molecule has 0 saturated heterocycles. The van der Waals surface area contributed by atoms with Gasteiger partial charge in [-0.2, -0.15) is 13.2 Å². The van der Waals surface area contributed by atoms with Crippen LogP contribution in [-0.2, 0) is 17.5 Å². The number of alkyl halides is 3. The number of likely N-dealkylation sites (N-methyl/N-ethyl adjacent to an activating group) is 1. The topological polar surface area (TPSA) is 52.0 Å². The van der Waals surface area contributed by atoms with Gasteiger partial charge in [-0.15, -0.1) is 0 Å². The molecule has 1 aliphatic heterocycles. The van der Waals surface area contributed by atoms with Crippen LogP contribution < -0.4 is 19.7 Å². The van der Waals surface area contributed by atoms with Crippen molar-refractivity contribution < 1.29 is 32.3 Å². The minimum Gasteiger partial charge on any atom is -0.454 e. The summed E-state index contributed by atoms with van der Waals surface area (Å²) in [5, 5.41) is 2.93. The fraction of sp³-hybridized carbons (Fsp3) is 0.350. The molecular formula is C20H22F3N2O3+. The van der Waals surface area contributed by atoms with Gasteiger partial charge in [-0.1, -0.05) is 18.2 Å². The van der Waals surface area contributed by atoms with Crippen molar-refractivity contribution in [2.75, 3.05) is 20.4 Å². The summed E-state index contributed by atoms with van der Waals surface area (Å²) in [5.74, 6) is 1.20. The average molecular weight is 395 g/mol. The van der Waals surface area contributed by atoms with Crippen molar-refractivity contribution in [3.63, 3.8) is 0 Å². The Morgan fingerprint density at radius 1 is 1.14 bits per heavy atom. The Hall–Kier alpha value is -2.74. The van der Waals surface area contributed by atoms with Crippen molar-refractivity contribution in [3.05, 3.63) is 59.2 Å². The SMILES string of the molecule is C[C@@H](NC(=O)C[NH+](C)Cc1ccc(C(F)(F)F)cc1)c1ccc2c(c1)OCO2. The minimum atomic E-state index is -4.35. The van der Waals surface area contributed by atoms with Crippen LogP contribution in [0.25, 0.3) is 0 Å². The van der Waals surface area contributed by atoms with E-state index < -0.39 is 11.7 Å². The molecule has 0 bridgehead atoms. The Kier molecular flexibility index (Phi) is 5.79. The van der Waals surface area contributed by atoms with Gasteiger partial charge >= 0.3 is 6.18 Å². The Balaban J connectivity index is 1.51. The van der Waals surface area contributed by atoms with Gasteiger partial charge in [0, 0.05) is 5.56 Å². The highest BCUT2D eigenvalue weighted by atomic mass is 19.4. The third-order valence-electron chi connectivity index (χ3n) is 4.52. The van der Waals surface area contributed by atoms with Crippen molar-refractivity contribution in [2.24, 2.45) is 0 Å². The summed E-state index contributed by atoms with van der Waals surface area (Å²) in [6.45, 7) is 2.72. The summed E-state index contributed by atoms with van der Waals surface area (Å²) in [6.07, 6.45) is -4.35. The number of hydrogen-bond donors (Lipinski definition) is 2. The maximum absolute atomic E-state index is 12.6. The molecule has 2 N–H and O–H groups in total. The van der Waals surface area contributed by atoms with Gasteiger partial charge in [0.1, 0.15) is 6.54 Å². The largest absolute Gasteiger partial charge is 0.454 e. The normalized spacial score (nSPS) is 15.2. The number of fused-ring (bicyclic) bond motifs is 1. The first-order chi connectivity index (χ1) is 13.2. The van der Waals surface area contributed by atoms with Gasteiger partial charge in [-0.25, -0.2) is 0 Å². The van der Waals surface area contributed by atoms with Gasteiger partial charge in [-0.05, 0) is 36.8 Å². The zero-order valence-corrected chi connectivity index (χ0v) is 15.6. The van der Waals surface area contributed by atoms with E-state index in [2.05, 4.69) is 5.32 Å². The summed E-state index contributed by atoms with van der Waals surface area (Å²) in [6, 6.07) is 10.3. The summed E-state index contributed by atoms with van der Waals surface area (Å²) < 4.78 is 48.5. The predicted molar refractivity (Wildman–Crippen MR) is 96.0 cm³/mol. The number of nitrogens with one attached hydrogen (secondary N) is 2. The zero-order valence-electron chi connectivity index (χ0n) is 15.6. The molecule has 3 rings (SSSR count). The fourth-order valence-electron chi connectivity index (χ4n) is 3.05. The molecule has 28 heavy (non-hydrogen) atoms. The highest BCUT2D eigenvalue weighted by molar-refractivity contribution is 5.77. The number of carbonyl (C=O) groups is 1. The molecule has 1 heterocycles. The molecule has 1 aliphatic rings. The number of carbonyl (C=O) groups excluding carboxylic acids is 1. The molecule has 2 atom stereocenters. The molecule has 0 fully saturated rings. The Morgan fingerprint density at radius 3 is 2.50 bits per heavy atom. The van der Waals surface area contributed by atoms with Crippen LogP contribution in [0.1, 0.15) is 29.7 Å². The Labute approximate surface area is 161 Å². The van der Waals surface area contributed by atoms with Gasteiger partial charge in [0.25, 0.3) is 5.91 Å². The van der Waals surface area contributed by atoms with E-state index in [-0.39, 0.29) is 25.3 Å². The summed E-state index contributed by atoms with van der Waals surface area (Å²) in [5.41, 5.74) is 0.962. The van der Waals surface area contributed by atoms with E-state index >= 15 is 0 Å². The zero-order chi connectivity index (χ0) is 20.3. The van der Waals surface area contributed by atoms with Crippen molar-refractivity contribution in [1.29, 1.82) is 0 Å².